The molecule has 0 radical (unpaired) electrons. The Balaban J connectivity index is 1.47. The summed E-state index contributed by atoms with van der Waals surface area (Å²) in [6.45, 7) is 3.13. The molecule has 1 aliphatic rings. The summed E-state index contributed by atoms with van der Waals surface area (Å²) < 4.78 is 17.0. The first-order chi connectivity index (χ1) is 17.0. The molecule has 35 heavy (non-hydrogen) atoms. The number of amides is 1. The number of benzene rings is 3. The smallest absolute Gasteiger partial charge is 0.268 e. The highest BCUT2D eigenvalue weighted by molar-refractivity contribution is 6.32. The highest BCUT2D eigenvalue weighted by atomic mass is 35.5. The Kier molecular flexibility index (Phi) is 7.59. The van der Waals surface area contributed by atoms with Gasteiger partial charge in [-0.05, 0) is 66.4 Å². The van der Waals surface area contributed by atoms with Gasteiger partial charge in [0.05, 0.1) is 12.1 Å². The zero-order valence-corrected chi connectivity index (χ0v) is 20.3. The van der Waals surface area contributed by atoms with Gasteiger partial charge in [0.2, 0.25) is 0 Å². The van der Waals surface area contributed by atoms with Crippen molar-refractivity contribution >= 4 is 29.3 Å². The second-order valence-electron chi connectivity index (χ2n) is 8.05. The fraction of sp³-hybridized carbons (Fsp3) is 0.214. The Labute approximate surface area is 209 Å². The molecular formula is C28H25ClN2O4. The minimum absolute atomic E-state index is 0.0139. The molecule has 0 aliphatic carbocycles. The number of anilines is 1. The van der Waals surface area contributed by atoms with Gasteiger partial charge in [0.15, 0.2) is 11.5 Å². The standard InChI is InChI=1S/C28H25ClN2O4/c1-19-6-5-8-23(14-19)34-12-13-35-27-24(29)16-20(17-26(27)33-2)15-22(18-30)28(32)31-11-10-21-7-3-4-9-25(21)31/h3-9,14-17H,10-13H2,1-2H3. The highest BCUT2D eigenvalue weighted by Crippen LogP contribution is 2.37. The number of nitriles is 1. The van der Waals surface area contributed by atoms with Crippen molar-refractivity contribution in [2.75, 3.05) is 31.8 Å². The zero-order chi connectivity index (χ0) is 24.8. The Morgan fingerprint density at radius 1 is 1.11 bits per heavy atom. The van der Waals surface area contributed by atoms with Crippen LogP contribution in [0.3, 0.4) is 0 Å². The van der Waals surface area contributed by atoms with Crippen LogP contribution < -0.4 is 19.1 Å². The molecule has 3 aromatic rings. The summed E-state index contributed by atoms with van der Waals surface area (Å²) in [5, 5.41) is 10.0. The average Bonchev–Trinajstić information content (AvgIpc) is 3.29. The summed E-state index contributed by atoms with van der Waals surface area (Å²) in [5.41, 5.74) is 3.62. The SMILES string of the molecule is COc1cc(C=C(C#N)C(=O)N2CCc3ccccc32)cc(Cl)c1OCCOc1cccc(C)c1. The quantitative estimate of drug-likeness (QED) is 0.234. The average molecular weight is 489 g/mol. The number of nitrogens with zero attached hydrogens (tertiary/aromatic N) is 2. The summed E-state index contributed by atoms with van der Waals surface area (Å²) in [6.07, 6.45) is 2.28. The topological polar surface area (TPSA) is 71.8 Å². The number of para-hydroxylation sites is 1. The van der Waals surface area contributed by atoms with E-state index < -0.39 is 0 Å². The van der Waals surface area contributed by atoms with Gasteiger partial charge < -0.3 is 19.1 Å². The first-order valence-electron chi connectivity index (χ1n) is 11.2. The van der Waals surface area contributed by atoms with E-state index in [4.69, 9.17) is 25.8 Å². The molecule has 1 heterocycles. The van der Waals surface area contributed by atoms with E-state index in [0.717, 1.165) is 29.0 Å². The van der Waals surface area contributed by atoms with Gasteiger partial charge in [-0.15, -0.1) is 0 Å². The maximum absolute atomic E-state index is 13.1. The van der Waals surface area contributed by atoms with Crippen LogP contribution in [0.1, 0.15) is 16.7 Å². The van der Waals surface area contributed by atoms with Crippen molar-refractivity contribution in [3.05, 3.63) is 87.9 Å². The number of fused-ring (bicyclic) bond motifs is 1. The lowest BCUT2D eigenvalue weighted by Crippen LogP contribution is -2.29. The molecule has 0 aromatic heterocycles. The maximum Gasteiger partial charge on any atom is 0.268 e. The van der Waals surface area contributed by atoms with Gasteiger partial charge in [0.25, 0.3) is 5.91 Å². The van der Waals surface area contributed by atoms with Crippen molar-refractivity contribution in [1.29, 1.82) is 5.26 Å². The van der Waals surface area contributed by atoms with Gasteiger partial charge in [0.1, 0.15) is 30.6 Å². The first-order valence-corrected chi connectivity index (χ1v) is 11.6. The number of carbonyl (C=O) groups excluding carboxylic acids is 1. The van der Waals surface area contributed by atoms with Crippen molar-refractivity contribution in [3.63, 3.8) is 0 Å². The van der Waals surface area contributed by atoms with Crippen LogP contribution in [-0.4, -0.2) is 32.8 Å². The molecule has 6 nitrogen and oxygen atoms in total. The molecule has 0 fully saturated rings. The monoisotopic (exact) mass is 488 g/mol. The molecule has 4 rings (SSSR count). The Morgan fingerprint density at radius 2 is 1.91 bits per heavy atom. The summed E-state index contributed by atoms with van der Waals surface area (Å²) in [7, 11) is 1.51. The number of methoxy groups -OCH3 is 1. The number of rotatable bonds is 8. The molecule has 7 heteroatoms. The third kappa shape index (κ3) is 5.59. The van der Waals surface area contributed by atoms with Gasteiger partial charge in [-0.1, -0.05) is 41.9 Å². The van der Waals surface area contributed by atoms with Crippen molar-refractivity contribution < 1.29 is 19.0 Å². The van der Waals surface area contributed by atoms with E-state index in [-0.39, 0.29) is 18.1 Å². The molecule has 0 N–H and O–H groups in total. The molecule has 3 aromatic carbocycles. The van der Waals surface area contributed by atoms with E-state index in [1.807, 2.05) is 61.5 Å². The Morgan fingerprint density at radius 3 is 2.69 bits per heavy atom. The number of hydrogen-bond donors (Lipinski definition) is 0. The Hall–Kier alpha value is -3.95. The number of ether oxygens (including phenoxy) is 3. The number of hydrogen-bond acceptors (Lipinski definition) is 5. The molecule has 0 atom stereocenters. The lowest BCUT2D eigenvalue weighted by Gasteiger charge is -2.17. The Bertz CT molecular complexity index is 1310. The van der Waals surface area contributed by atoms with Crippen LogP contribution in [0.15, 0.2) is 66.2 Å². The maximum atomic E-state index is 13.1. The number of aryl methyl sites for hydroxylation is 1. The summed E-state index contributed by atoms with van der Waals surface area (Å²) in [4.78, 5) is 14.7. The van der Waals surface area contributed by atoms with E-state index >= 15 is 0 Å². The highest BCUT2D eigenvalue weighted by Gasteiger charge is 2.26. The minimum atomic E-state index is -0.346. The normalized spacial score (nSPS) is 12.6. The molecule has 178 valence electrons. The lowest BCUT2D eigenvalue weighted by molar-refractivity contribution is -0.114. The molecule has 1 aliphatic heterocycles. The predicted octanol–water partition coefficient (Wildman–Crippen LogP) is 5.61. The van der Waals surface area contributed by atoms with Crippen molar-refractivity contribution in [3.8, 4) is 23.3 Å². The second kappa shape index (κ2) is 11.0. The minimum Gasteiger partial charge on any atom is -0.493 e. The van der Waals surface area contributed by atoms with E-state index in [2.05, 4.69) is 0 Å². The largest absolute Gasteiger partial charge is 0.493 e. The van der Waals surface area contributed by atoms with Crippen LogP contribution in [-0.2, 0) is 11.2 Å². The molecule has 0 saturated carbocycles. The van der Waals surface area contributed by atoms with Crippen molar-refractivity contribution in [2.24, 2.45) is 0 Å². The van der Waals surface area contributed by atoms with E-state index in [9.17, 15) is 10.1 Å². The van der Waals surface area contributed by atoms with Crippen LogP contribution >= 0.6 is 11.6 Å². The molecule has 0 unspecified atom stereocenters. The van der Waals surface area contributed by atoms with Gasteiger partial charge in [-0.2, -0.15) is 5.26 Å². The van der Waals surface area contributed by atoms with Gasteiger partial charge in [-0.25, -0.2) is 0 Å². The molecule has 0 bridgehead atoms. The third-order valence-corrected chi connectivity index (χ3v) is 5.91. The summed E-state index contributed by atoms with van der Waals surface area (Å²) >= 11 is 6.48. The van der Waals surface area contributed by atoms with Crippen LogP contribution in [0, 0.1) is 18.3 Å². The molecule has 0 spiro atoms. The summed E-state index contributed by atoms with van der Waals surface area (Å²) in [6, 6.07) is 20.8. The fourth-order valence-electron chi connectivity index (χ4n) is 3.97. The molecule has 0 saturated heterocycles. The number of halogens is 1. The van der Waals surface area contributed by atoms with Crippen LogP contribution in [0.25, 0.3) is 6.08 Å². The summed E-state index contributed by atoms with van der Waals surface area (Å²) in [5.74, 6) is 1.19. The third-order valence-electron chi connectivity index (χ3n) is 5.63. The first kappa shape index (κ1) is 24.2. The molecule has 1 amide bonds. The number of carbonyl (C=O) groups is 1. The van der Waals surface area contributed by atoms with E-state index in [1.165, 1.54) is 13.2 Å². The van der Waals surface area contributed by atoms with Crippen LogP contribution in [0.2, 0.25) is 5.02 Å². The van der Waals surface area contributed by atoms with Gasteiger partial charge in [0, 0.05) is 12.2 Å². The van der Waals surface area contributed by atoms with Crippen LogP contribution in [0.5, 0.6) is 17.2 Å². The van der Waals surface area contributed by atoms with Crippen molar-refractivity contribution in [2.45, 2.75) is 13.3 Å². The lowest BCUT2D eigenvalue weighted by atomic mass is 10.1. The predicted molar refractivity (Wildman–Crippen MR) is 136 cm³/mol. The molecular weight excluding hydrogens is 464 g/mol. The van der Waals surface area contributed by atoms with E-state index in [1.54, 1.807) is 17.0 Å². The zero-order valence-electron chi connectivity index (χ0n) is 19.6. The van der Waals surface area contributed by atoms with E-state index in [0.29, 0.717) is 35.2 Å². The van der Waals surface area contributed by atoms with Crippen LogP contribution in [0.4, 0.5) is 5.69 Å². The fourth-order valence-corrected chi connectivity index (χ4v) is 4.25. The van der Waals surface area contributed by atoms with Crippen molar-refractivity contribution in [1.82, 2.24) is 0 Å². The van der Waals surface area contributed by atoms with Gasteiger partial charge >= 0.3 is 0 Å². The second-order valence-corrected chi connectivity index (χ2v) is 8.46. The van der Waals surface area contributed by atoms with Gasteiger partial charge in [-0.3, -0.25) is 4.79 Å².